The van der Waals surface area contributed by atoms with Gasteiger partial charge in [-0.2, -0.15) is 0 Å². The van der Waals surface area contributed by atoms with Crippen LogP contribution in [-0.2, 0) is 0 Å². The van der Waals surface area contributed by atoms with E-state index >= 15 is 0 Å². The first-order valence-corrected chi connectivity index (χ1v) is 6.70. The third-order valence-corrected chi connectivity index (χ3v) is 4.21. The van der Waals surface area contributed by atoms with Gasteiger partial charge in [-0.15, -0.1) is 6.58 Å². The van der Waals surface area contributed by atoms with Crippen LogP contribution in [-0.4, -0.2) is 4.75 Å². The molecule has 0 aromatic rings. The Morgan fingerprint density at radius 1 is 1.14 bits per heavy atom. The Kier molecular flexibility index (Phi) is 5.64. The zero-order valence-corrected chi connectivity index (χ0v) is 9.95. The van der Waals surface area contributed by atoms with Crippen molar-refractivity contribution in [3.63, 3.8) is 0 Å². The van der Waals surface area contributed by atoms with Crippen molar-refractivity contribution in [2.24, 2.45) is 5.14 Å². The maximum Gasteiger partial charge on any atom is 0.0303 e. The minimum Gasteiger partial charge on any atom is -0.277 e. The van der Waals surface area contributed by atoms with Gasteiger partial charge in [0.2, 0.25) is 0 Å². The van der Waals surface area contributed by atoms with E-state index in [1.54, 1.807) is 11.9 Å². The third-order valence-electron chi connectivity index (χ3n) is 3.10. The van der Waals surface area contributed by atoms with E-state index < -0.39 is 0 Å². The number of hydrogen-bond donors (Lipinski definition) is 1. The first kappa shape index (κ1) is 12.1. The van der Waals surface area contributed by atoms with Gasteiger partial charge in [0.15, 0.2) is 0 Å². The monoisotopic (exact) mass is 213 g/mol. The van der Waals surface area contributed by atoms with Gasteiger partial charge < -0.3 is 0 Å². The van der Waals surface area contributed by atoms with E-state index in [1.807, 2.05) is 6.08 Å². The van der Waals surface area contributed by atoms with Crippen LogP contribution in [0.4, 0.5) is 0 Å². The molecule has 0 aromatic carbocycles. The van der Waals surface area contributed by atoms with Crippen LogP contribution < -0.4 is 5.14 Å². The minimum atomic E-state index is 0.515. The number of hydrogen-bond acceptors (Lipinski definition) is 2. The minimum absolute atomic E-state index is 0.515. The molecular weight excluding hydrogens is 190 g/mol. The fraction of sp³-hybridized carbons (Fsp3) is 0.833. The van der Waals surface area contributed by atoms with E-state index in [0.717, 1.165) is 0 Å². The summed E-state index contributed by atoms with van der Waals surface area (Å²) < 4.78 is 0.515. The van der Waals surface area contributed by atoms with Crippen LogP contribution in [0.1, 0.15) is 57.8 Å². The average molecular weight is 213 g/mol. The number of nitrogens with two attached hydrogens (primary N) is 1. The summed E-state index contributed by atoms with van der Waals surface area (Å²) in [6, 6.07) is 0. The van der Waals surface area contributed by atoms with E-state index in [4.69, 9.17) is 5.14 Å². The molecule has 2 N–H and O–H groups in total. The lowest BCUT2D eigenvalue weighted by Crippen LogP contribution is -2.05. The summed E-state index contributed by atoms with van der Waals surface area (Å²) in [6.45, 7) is 3.73. The number of unbranched alkanes of at least 4 members (excludes halogenated alkanes) is 5. The van der Waals surface area contributed by atoms with Gasteiger partial charge in [-0.05, 0) is 32.1 Å². The van der Waals surface area contributed by atoms with Gasteiger partial charge in [0.1, 0.15) is 0 Å². The van der Waals surface area contributed by atoms with Gasteiger partial charge in [0.05, 0.1) is 0 Å². The molecule has 1 nitrogen and oxygen atoms in total. The molecule has 0 radical (unpaired) electrons. The summed E-state index contributed by atoms with van der Waals surface area (Å²) in [7, 11) is 0. The second kappa shape index (κ2) is 6.52. The lowest BCUT2D eigenvalue weighted by Gasteiger charge is -2.10. The highest BCUT2D eigenvalue weighted by Crippen LogP contribution is 2.49. The largest absolute Gasteiger partial charge is 0.277 e. The van der Waals surface area contributed by atoms with Crippen molar-refractivity contribution in [2.45, 2.75) is 62.5 Å². The third kappa shape index (κ3) is 4.52. The van der Waals surface area contributed by atoms with Gasteiger partial charge in [-0.1, -0.05) is 43.7 Å². The molecule has 0 aliphatic heterocycles. The van der Waals surface area contributed by atoms with E-state index in [2.05, 4.69) is 6.58 Å². The van der Waals surface area contributed by atoms with E-state index in [1.165, 1.54) is 57.8 Å². The summed E-state index contributed by atoms with van der Waals surface area (Å²) in [6.07, 6.45) is 14.1. The van der Waals surface area contributed by atoms with Crippen LogP contribution in [0.3, 0.4) is 0 Å². The summed E-state index contributed by atoms with van der Waals surface area (Å²) >= 11 is 1.60. The first-order chi connectivity index (χ1) is 6.83. The van der Waals surface area contributed by atoms with Crippen LogP contribution in [0.25, 0.3) is 0 Å². The SMILES string of the molecule is C=CCCCCCCCC1(SN)CC1. The van der Waals surface area contributed by atoms with Crippen molar-refractivity contribution in [1.29, 1.82) is 0 Å². The van der Waals surface area contributed by atoms with Crippen LogP contribution in [0.2, 0.25) is 0 Å². The van der Waals surface area contributed by atoms with Gasteiger partial charge in [-0.25, -0.2) is 0 Å². The van der Waals surface area contributed by atoms with E-state index in [-0.39, 0.29) is 0 Å². The number of allylic oxidation sites excluding steroid dienone is 1. The Balaban J connectivity index is 1.82. The molecule has 0 saturated heterocycles. The maximum absolute atomic E-state index is 5.65. The maximum atomic E-state index is 5.65. The zero-order valence-electron chi connectivity index (χ0n) is 9.13. The Hall–Kier alpha value is 0.0500. The second-order valence-corrected chi connectivity index (χ2v) is 5.50. The quantitative estimate of drug-likeness (QED) is 0.355. The summed E-state index contributed by atoms with van der Waals surface area (Å²) in [5.74, 6) is 0. The van der Waals surface area contributed by atoms with Crippen molar-refractivity contribution < 1.29 is 0 Å². The lowest BCUT2D eigenvalue weighted by molar-refractivity contribution is 0.586. The number of rotatable bonds is 9. The molecule has 1 aliphatic carbocycles. The molecule has 0 amide bonds. The van der Waals surface area contributed by atoms with E-state index in [9.17, 15) is 0 Å². The molecule has 0 atom stereocenters. The van der Waals surface area contributed by atoms with Crippen LogP contribution >= 0.6 is 11.9 Å². The molecule has 0 spiro atoms. The smallest absolute Gasteiger partial charge is 0.0303 e. The van der Waals surface area contributed by atoms with Crippen LogP contribution in [0.15, 0.2) is 12.7 Å². The Bertz CT molecular complexity index is 164. The van der Waals surface area contributed by atoms with E-state index in [0.29, 0.717) is 4.75 Å². The fourth-order valence-corrected chi connectivity index (χ4v) is 2.43. The van der Waals surface area contributed by atoms with Gasteiger partial charge in [0, 0.05) is 4.75 Å². The fourth-order valence-electron chi connectivity index (χ4n) is 1.83. The van der Waals surface area contributed by atoms with Crippen molar-refractivity contribution in [3.8, 4) is 0 Å². The topological polar surface area (TPSA) is 26.0 Å². The summed E-state index contributed by atoms with van der Waals surface area (Å²) in [5, 5.41) is 5.65. The van der Waals surface area contributed by atoms with Crippen molar-refractivity contribution in [1.82, 2.24) is 0 Å². The highest BCUT2D eigenvalue weighted by Gasteiger charge is 2.41. The van der Waals surface area contributed by atoms with Gasteiger partial charge >= 0.3 is 0 Å². The molecule has 1 saturated carbocycles. The summed E-state index contributed by atoms with van der Waals surface area (Å²) in [4.78, 5) is 0. The van der Waals surface area contributed by atoms with Crippen LogP contribution in [0, 0.1) is 0 Å². The van der Waals surface area contributed by atoms with Gasteiger partial charge in [0.25, 0.3) is 0 Å². The molecule has 14 heavy (non-hydrogen) atoms. The second-order valence-electron chi connectivity index (χ2n) is 4.40. The Labute approximate surface area is 92.7 Å². The molecule has 1 aliphatic rings. The molecular formula is C12H23NS. The van der Waals surface area contributed by atoms with Gasteiger partial charge in [-0.3, -0.25) is 5.14 Å². The molecule has 82 valence electrons. The summed E-state index contributed by atoms with van der Waals surface area (Å²) in [5.41, 5.74) is 0. The average Bonchev–Trinajstić information content (AvgIpc) is 2.98. The Morgan fingerprint density at radius 3 is 2.36 bits per heavy atom. The lowest BCUT2D eigenvalue weighted by atomic mass is 10.1. The van der Waals surface area contributed by atoms with Crippen molar-refractivity contribution in [2.75, 3.05) is 0 Å². The van der Waals surface area contributed by atoms with Crippen molar-refractivity contribution >= 4 is 11.9 Å². The molecule has 0 heterocycles. The molecule has 1 fully saturated rings. The highest BCUT2D eigenvalue weighted by molar-refractivity contribution is 7.98. The first-order valence-electron chi connectivity index (χ1n) is 5.82. The predicted octanol–water partition coefficient (Wildman–Crippen LogP) is 4.04. The molecule has 0 unspecified atom stereocenters. The highest BCUT2D eigenvalue weighted by atomic mass is 32.2. The molecule has 2 heteroatoms. The normalized spacial score (nSPS) is 18.1. The predicted molar refractivity (Wildman–Crippen MR) is 66.3 cm³/mol. The van der Waals surface area contributed by atoms with Crippen molar-refractivity contribution in [3.05, 3.63) is 12.7 Å². The van der Waals surface area contributed by atoms with Crippen LogP contribution in [0.5, 0.6) is 0 Å². The molecule has 1 rings (SSSR count). The molecule has 0 bridgehead atoms. The zero-order chi connectivity index (χ0) is 10.3. The standard InChI is InChI=1S/C12H23NS/c1-2-3-4-5-6-7-8-9-12(14-13)10-11-12/h2H,1,3-11,13H2. The Morgan fingerprint density at radius 2 is 1.79 bits per heavy atom. The molecule has 0 aromatic heterocycles.